The van der Waals surface area contributed by atoms with E-state index in [-0.39, 0.29) is 6.10 Å². The van der Waals surface area contributed by atoms with E-state index in [9.17, 15) is 5.11 Å². The molecule has 0 fully saturated rings. The quantitative estimate of drug-likeness (QED) is 0.661. The Hall–Kier alpha value is -0.0800. The summed E-state index contributed by atoms with van der Waals surface area (Å²) in [5.41, 5.74) is 0. The molecule has 0 radical (unpaired) electrons. The molecule has 0 bridgehead atoms. The first-order valence-electron chi connectivity index (χ1n) is 4.85. The third kappa shape index (κ3) is 8.02. The van der Waals surface area contributed by atoms with Crippen LogP contribution in [-0.2, 0) is 0 Å². The minimum Gasteiger partial charge on any atom is -0.393 e. The summed E-state index contributed by atoms with van der Waals surface area (Å²) in [5, 5.41) is 9.52. The first-order chi connectivity index (χ1) is 5.52. The van der Waals surface area contributed by atoms with Gasteiger partial charge in [0, 0.05) is 0 Å². The second kappa shape index (κ2) is 6.44. The van der Waals surface area contributed by atoms with E-state index in [4.69, 9.17) is 0 Å². The molecule has 0 heterocycles. The van der Waals surface area contributed by atoms with Crippen molar-refractivity contribution in [3.05, 3.63) is 0 Å². The molecule has 2 heteroatoms. The van der Waals surface area contributed by atoms with Crippen LogP contribution in [0.4, 0.5) is 0 Å². The van der Waals surface area contributed by atoms with Crippen LogP contribution < -0.4 is 0 Å². The van der Waals surface area contributed by atoms with Crippen molar-refractivity contribution in [2.75, 3.05) is 20.6 Å². The molecule has 0 aliphatic rings. The predicted octanol–water partition coefficient (Wildman–Crippen LogP) is 1.74. The van der Waals surface area contributed by atoms with Gasteiger partial charge >= 0.3 is 0 Å². The molecule has 0 saturated carbocycles. The molecule has 1 unspecified atom stereocenters. The summed E-state index contributed by atoms with van der Waals surface area (Å²) in [6.07, 6.45) is 2.88. The van der Waals surface area contributed by atoms with Gasteiger partial charge in [-0.2, -0.15) is 0 Å². The van der Waals surface area contributed by atoms with E-state index >= 15 is 0 Å². The summed E-state index contributed by atoms with van der Waals surface area (Å²) >= 11 is 0. The van der Waals surface area contributed by atoms with Crippen LogP contribution in [-0.4, -0.2) is 36.8 Å². The van der Waals surface area contributed by atoms with Crippen molar-refractivity contribution in [2.45, 2.75) is 39.2 Å². The molecule has 0 amide bonds. The third-order valence-corrected chi connectivity index (χ3v) is 1.99. The Morgan fingerprint density at radius 1 is 1.08 bits per heavy atom. The first kappa shape index (κ1) is 11.9. The summed E-state index contributed by atoms with van der Waals surface area (Å²) < 4.78 is 0. The molecule has 0 aliphatic heterocycles. The minimum atomic E-state index is -0.102. The predicted molar refractivity (Wildman–Crippen MR) is 53.2 cm³/mol. The van der Waals surface area contributed by atoms with Crippen LogP contribution in [0.2, 0.25) is 0 Å². The number of aliphatic hydroxyl groups excluding tert-OH is 1. The molecule has 0 aromatic rings. The molecule has 1 atom stereocenters. The van der Waals surface area contributed by atoms with Crippen molar-refractivity contribution in [3.8, 4) is 0 Å². The normalized spacial score (nSPS) is 14.2. The largest absolute Gasteiger partial charge is 0.393 e. The standard InChI is InChI=1S/C10H23NO/c1-9(2)5-6-10(12)7-8-11(3)4/h9-10,12H,5-8H2,1-4H3. The topological polar surface area (TPSA) is 23.5 Å². The molecule has 2 nitrogen and oxygen atoms in total. The Morgan fingerprint density at radius 2 is 1.67 bits per heavy atom. The van der Waals surface area contributed by atoms with Gasteiger partial charge in [-0.3, -0.25) is 0 Å². The highest BCUT2D eigenvalue weighted by molar-refractivity contribution is 4.59. The van der Waals surface area contributed by atoms with E-state index in [2.05, 4.69) is 18.7 Å². The molecule has 1 N–H and O–H groups in total. The molecule has 12 heavy (non-hydrogen) atoms. The molecule has 0 aromatic heterocycles. The highest BCUT2D eigenvalue weighted by Crippen LogP contribution is 2.08. The number of hydrogen-bond acceptors (Lipinski definition) is 2. The first-order valence-corrected chi connectivity index (χ1v) is 4.85. The molecule has 74 valence electrons. The van der Waals surface area contributed by atoms with Gasteiger partial charge in [-0.1, -0.05) is 13.8 Å². The zero-order chi connectivity index (χ0) is 9.56. The summed E-state index contributed by atoms with van der Waals surface area (Å²) in [5.74, 6) is 0.707. The van der Waals surface area contributed by atoms with Gasteiger partial charge < -0.3 is 10.0 Å². The lowest BCUT2D eigenvalue weighted by atomic mass is 10.0. The van der Waals surface area contributed by atoms with E-state index < -0.39 is 0 Å². The van der Waals surface area contributed by atoms with Crippen molar-refractivity contribution in [1.82, 2.24) is 4.90 Å². The summed E-state index contributed by atoms with van der Waals surface area (Å²) in [6.45, 7) is 5.37. The summed E-state index contributed by atoms with van der Waals surface area (Å²) in [6, 6.07) is 0. The number of hydrogen-bond donors (Lipinski definition) is 1. The second-order valence-electron chi connectivity index (χ2n) is 4.22. The maximum absolute atomic E-state index is 9.52. The fourth-order valence-corrected chi connectivity index (χ4v) is 1.08. The average Bonchev–Trinajstić information content (AvgIpc) is 1.96. The Labute approximate surface area is 76.6 Å². The number of aliphatic hydroxyl groups is 1. The van der Waals surface area contributed by atoms with Gasteiger partial charge in [0.25, 0.3) is 0 Å². The maximum Gasteiger partial charge on any atom is 0.0552 e. The van der Waals surface area contributed by atoms with E-state index in [1.54, 1.807) is 0 Å². The SMILES string of the molecule is CC(C)CCC(O)CCN(C)C. The second-order valence-corrected chi connectivity index (χ2v) is 4.22. The van der Waals surface area contributed by atoms with E-state index in [0.29, 0.717) is 5.92 Å². The van der Waals surface area contributed by atoms with Crippen LogP contribution in [0.15, 0.2) is 0 Å². The van der Waals surface area contributed by atoms with Gasteiger partial charge in [-0.15, -0.1) is 0 Å². The molecule has 0 saturated heterocycles. The summed E-state index contributed by atoms with van der Waals surface area (Å²) in [4.78, 5) is 2.11. The Morgan fingerprint density at radius 3 is 2.08 bits per heavy atom. The smallest absolute Gasteiger partial charge is 0.0552 e. The van der Waals surface area contributed by atoms with Gasteiger partial charge in [0.15, 0.2) is 0 Å². The van der Waals surface area contributed by atoms with Crippen molar-refractivity contribution in [1.29, 1.82) is 0 Å². The zero-order valence-corrected chi connectivity index (χ0v) is 8.88. The molecular formula is C10H23NO. The van der Waals surface area contributed by atoms with E-state index in [1.165, 1.54) is 0 Å². The fraction of sp³-hybridized carbons (Fsp3) is 1.00. The minimum absolute atomic E-state index is 0.102. The lowest BCUT2D eigenvalue weighted by molar-refractivity contribution is 0.136. The zero-order valence-electron chi connectivity index (χ0n) is 8.88. The average molecular weight is 173 g/mol. The van der Waals surface area contributed by atoms with E-state index in [0.717, 1.165) is 25.8 Å². The molecular weight excluding hydrogens is 150 g/mol. The van der Waals surface area contributed by atoms with Crippen LogP contribution in [0.1, 0.15) is 33.1 Å². The van der Waals surface area contributed by atoms with E-state index in [1.807, 2.05) is 14.1 Å². The van der Waals surface area contributed by atoms with Gasteiger partial charge in [0.05, 0.1) is 6.10 Å². The molecule has 0 aromatic carbocycles. The van der Waals surface area contributed by atoms with Crippen molar-refractivity contribution in [3.63, 3.8) is 0 Å². The molecule has 0 aliphatic carbocycles. The molecule has 0 spiro atoms. The highest BCUT2D eigenvalue weighted by Gasteiger charge is 2.05. The van der Waals surface area contributed by atoms with Crippen molar-refractivity contribution >= 4 is 0 Å². The number of nitrogens with zero attached hydrogens (tertiary/aromatic N) is 1. The Kier molecular flexibility index (Phi) is 6.39. The third-order valence-electron chi connectivity index (χ3n) is 1.99. The van der Waals surface area contributed by atoms with Gasteiger partial charge in [-0.25, -0.2) is 0 Å². The van der Waals surface area contributed by atoms with Gasteiger partial charge in [-0.05, 0) is 45.8 Å². The van der Waals surface area contributed by atoms with Crippen LogP contribution in [0.25, 0.3) is 0 Å². The molecule has 0 rings (SSSR count). The van der Waals surface area contributed by atoms with Gasteiger partial charge in [0.1, 0.15) is 0 Å². The Balaban J connectivity index is 3.27. The van der Waals surface area contributed by atoms with Crippen LogP contribution in [0.5, 0.6) is 0 Å². The van der Waals surface area contributed by atoms with Crippen LogP contribution in [0.3, 0.4) is 0 Å². The lowest BCUT2D eigenvalue weighted by Gasteiger charge is -2.14. The van der Waals surface area contributed by atoms with Crippen LogP contribution >= 0.6 is 0 Å². The lowest BCUT2D eigenvalue weighted by Crippen LogP contribution is -2.19. The monoisotopic (exact) mass is 173 g/mol. The Bertz CT molecular complexity index is 90.0. The fourth-order valence-electron chi connectivity index (χ4n) is 1.08. The maximum atomic E-state index is 9.52. The summed E-state index contributed by atoms with van der Waals surface area (Å²) in [7, 11) is 4.07. The van der Waals surface area contributed by atoms with Crippen molar-refractivity contribution in [2.24, 2.45) is 5.92 Å². The highest BCUT2D eigenvalue weighted by atomic mass is 16.3. The van der Waals surface area contributed by atoms with Crippen molar-refractivity contribution < 1.29 is 5.11 Å². The van der Waals surface area contributed by atoms with Crippen LogP contribution in [0, 0.1) is 5.92 Å². The number of rotatable bonds is 6. The van der Waals surface area contributed by atoms with Gasteiger partial charge in [0.2, 0.25) is 0 Å².